The molecule has 3 aromatic carbocycles. The number of carboxylic acids is 2. The van der Waals surface area contributed by atoms with Gasteiger partial charge in [0, 0.05) is 67.2 Å². The number of ether oxygens (including phenoxy) is 1. The molecule has 0 amide bonds. The summed E-state index contributed by atoms with van der Waals surface area (Å²) in [5.74, 6) is -1.42. The van der Waals surface area contributed by atoms with Gasteiger partial charge in [-0.3, -0.25) is 0 Å². The number of anilines is 2. The molecule has 0 spiro atoms. The molecular formula is C28H30N2O5. The monoisotopic (exact) mass is 474 g/mol. The van der Waals surface area contributed by atoms with Crippen LogP contribution in [-0.2, 0) is 0 Å². The summed E-state index contributed by atoms with van der Waals surface area (Å²) in [5, 5.41) is 19.4. The molecule has 1 atom stereocenters. The lowest BCUT2D eigenvalue weighted by atomic mass is 9.80. The van der Waals surface area contributed by atoms with E-state index in [0.717, 1.165) is 42.1 Å². The molecule has 0 aliphatic carbocycles. The molecule has 1 heterocycles. The maximum Gasteiger partial charge on any atom is 0.336 e. The highest BCUT2D eigenvalue weighted by Gasteiger charge is 2.32. The van der Waals surface area contributed by atoms with Crippen molar-refractivity contribution < 1.29 is 24.5 Å². The Morgan fingerprint density at radius 2 is 1.34 bits per heavy atom. The van der Waals surface area contributed by atoms with Gasteiger partial charge in [-0.05, 0) is 50.6 Å². The van der Waals surface area contributed by atoms with E-state index in [-0.39, 0.29) is 11.1 Å². The highest BCUT2D eigenvalue weighted by molar-refractivity contribution is 5.95. The Hall–Kier alpha value is -4.00. The van der Waals surface area contributed by atoms with Crippen LogP contribution in [0.15, 0.2) is 54.6 Å². The van der Waals surface area contributed by atoms with Gasteiger partial charge in [0.25, 0.3) is 0 Å². The normalized spacial score (nSPS) is 13.9. The minimum Gasteiger partial charge on any atom is -0.478 e. The fourth-order valence-corrected chi connectivity index (χ4v) is 4.65. The number of carboxylic acid groups (broad SMARTS) is 2. The SMILES string of the molecule is CCN(C)c1ccc2c(c1)Oc1cc(N(CC)CC)ccc1C2c1ccc(C(=O)O)cc1C(=O)O. The summed E-state index contributed by atoms with van der Waals surface area (Å²) in [6, 6.07) is 16.3. The summed E-state index contributed by atoms with van der Waals surface area (Å²) in [6.45, 7) is 8.78. The van der Waals surface area contributed by atoms with Crippen LogP contribution in [0.5, 0.6) is 11.5 Å². The Kier molecular flexibility index (Phi) is 6.69. The first kappa shape index (κ1) is 24.1. The third-order valence-electron chi connectivity index (χ3n) is 6.72. The Balaban J connectivity index is 1.95. The maximum atomic E-state index is 12.2. The number of fused-ring (bicyclic) bond motifs is 2. The summed E-state index contributed by atoms with van der Waals surface area (Å²) >= 11 is 0. The van der Waals surface area contributed by atoms with Gasteiger partial charge in [-0.1, -0.05) is 18.2 Å². The average Bonchev–Trinajstić information content (AvgIpc) is 2.86. The second kappa shape index (κ2) is 9.70. The van der Waals surface area contributed by atoms with Crippen LogP contribution in [0.25, 0.3) is 0 Å². The number of aromatic carboxylic acids is 2. The van der Waals surface area contributed by atoms with Crippen molar-refractivity contribution in [3.63, 3.8) is 0 Å². The lowest BCUT2D eigenvalue weighted by Gasteiger charge is -2.32. The smallest absolute Gasteiger partial charge is 0.336 e. The predicted octanol–water partition coefficient (Wildman–Crippen LogP) is 5.67. The number of hydrogen-bond donors (Lipinski definition) is 2. The molecule has 0 saturated carbocycles. The molecule has 35 heavy (non-hydrogen) atoms. The summed E-state index contributed by atoms with van der Waals surface area (Å²) in [6.07, 6.45) is 0. The molecule has 0 aromatic heterocycles. The molecule has 2 N–H and O–H groups in total. The van der Waals surface area contributed by atoms with Crippen molar-refractivity contribution in [1.29, 1.82) is 0 Å². The van der Waals surface area contributed by atoms with Crippen molar-refractivity contribution in [2.24, 2.45) is 0 Å². The molecule has 0 fully saturated rings. The fourth-order valence-electron chi connectivity index (χ4n) is 4.65. The molecule has 0 bridgehead atoms. The third kappa shape index (κ3) is 4.41. The van der Waals surface area contributed by atoms with E-state index in [1.54, 1.807) is 6.07 Å². The zero-order valence-electron chi connectivity index (χ0n) is 20.4. The molecule has 1 aliphatic rings. The molecule has 0 radical (unpaired) electrons. The summed E-state index contributed by atoms with van der Waals surface area (Å²) in [5.41, 5.74) is 4.14. The second-order valence-electron chi connectivity index (χ2n) is 8.58. The van der Waals surface area contributed by atoms with Gasteiger partial charge in [-0.15, -0.1) is 0 Å². The number of hydrogen-bond acceptors (Lipinski definition) is 5. The van der Waals surface area contributed by atoms with Gasteiger partial charge in [0.15, 0.2) is 0 Å². The number of rotatable bonds is 8. The summed E-state index contributed by atoms with van der Waals surface area (Å²) in [4.78, 5) is 28.1. The van der Waals surface area contributed by atoms with E-state index >= 15 is 0 Å². The van der Waals surface area contributed by atoms with Crippen molar-refractivity contribution >= 4 is 23.3 Å². The van der Waals surface area contributed by atoms with Crippen LogP contribution in [0.3, 0.4) is 0 Å². The van der Waals surface area contributed by atoms with Crippen LogP contribution < -0.4 is 14.5 Å². The maximum absolute atomic E-state index is 12.2. The lowest BCUT2D eigenvalue weighted by Crippen LogP contribution is -2.22. The van der Waals surface area contributed by atoms with E-state index in [4.69, 9.17) is 4.74 Å². The summed E-state index contributed by atoms with van der Waals surface area (Å²) in [7, 11) is 2.00. The van der Waals surface area contributed by atoms with E-state index < -0.39 is 17.9 Å². The molecule has 7 heteroatoms. The van der Waals surface area contributed by atoms with E-state index in [2.05, 4.69) is 30.6 Å². The van der Waals surface area contributed by atoms with E-state index in [1.165, 1.54) is 12.1 Å². The summed E-state index contributed by atoms with van der Waals surface area (Å²) < 4.78 is 6.41. The van der Waals surface area contributed by atoms with Crippen LogP contribution in [-0.4, -0.2) is 48.8 Å². The van der Waals surface area contributed by atoms with Gasteiger partial charge in [0.05, 0.1) is 11.1 Å². The minimum atomic E-state index is -1.17. The first-order chi connectivity index (χ1) is 16.8. The topological polar surface area (TPSA) is 90.3 Å². The minimum absolute atomic E-state index is 0.0312. The highest BCUT2D eigenvalue weighted by Crippen LogP contribution is 2.50. The zero-order chi connectivity index (χ0) is 25.3. The quantitative estimate of drug-likeness (QED) is 0.340. The standard InChI is InChI=1S/C28H30N2O5/c1-5-29(4)18-9-12-21-24(15-18)35-25-16-19(30(6-2)7-3)10-13-22(25)26(21)20-11-8-17(27(31)32)14-23(20)28(33)34/h8-16,26H,5-7H2,1-4H3,(H,31,32)(H,33,34). The first-order valence-electron chi connectivity index (χ1n) is 11.8. The third-order valence-corrected chi connectivity index (χ3v) is 6.72. The van der Waals surface area contributed by atoms with Crippen LogP contribution in [0, 0.1) is 0 Å². The van der Waals surface area contributed by atoms with Gasteiger partial charge >= 0.3 is 11.9 Å². The predicted molar refractivity (Wildman–Crippen MR) is 137 cm³/mol. The van der Waals surface area contributed by atoms with Gasteiger partial charge < -0.3 is 24.7 Å². The fraction of sp³-hybridized carbons (Fsp3) is 0.286. The second-order valence-corrected chi connectivity index (χ2v) is 8.58. The van der Waals surface area contributed by atoms with E-state index in [1.807, 2.05) is 43.4 Å². The number of carbonyl (C=O) groups is 2. The lowest BCUT2D eigenvalue weighted by molar-refractivity contribution is 0.0695. The largest absolute Gasteiger partial charge is 0.478 e. The van der Waals surface area contributed by atoms with Crippen molar-refractivity contribution in [2.75, 3.05) is 36.5 Å². The molecule has 7 nitrogen and oxygen atoms in total. The van der Waals surface area contributed by atoms with Gasteiger partial charge in [0.2, 0.25) is 0 Å². The van der Waals surface area contributed by atoms with Gasteiger partial charge in [-0.25, -0.2) is 9.59 Å². The Bertz CT molecular complexity index is 1280. The van der Waals surface area contributed by atoms with Gasteiger partial charge in [-0.2, -0.15) is 0 Å². The Morgan fingerprint density at radius 3 is 1.89 bits per heavy atom. The number of benzene rings is 3. The zero-order valence-corrected chi connectivity index (χ0v) is 20.4. The molecule has 182 valence electrons. The van der Waals surface area contributed by atoms with Crippen LogP contribution in [0.1, 0.15) is 64.1 Å². The highest BCUT2D eigenvalue weighted by atomic mass is 16.5. The molecule has 4 rings (SSSR count). The van der Waals surface area contributed by atoms with Crippen molar-refractivity contribution in [2.45, 2.75) is 26.7 Å². The molecular weight excluding hydrogens is 444 g/mol. The molecule has 0 saturated heterocycles. The van der Waals surface area contributed by atoms with Crippen LogP contribution in [0.4, 0.5) is 11.4 Å². The first-order valence-corrected chi connectivity index (χ1v) is 11.8. The molecule has 3 aromatic rings. The number of nitrogens with zero attached hydrogens (tertiary/aromatic N) is 2. The van der Waals surface area contributed by atoms with Gasteiger partial charge in [0.1, 0.15) is 11.5 Å². The van der Waals surface area contributed by atoms with Crippen molar-refractivity contribution in [3.05, 3.63) is 82.4 Å². The average molecular weight is 475 g/mol. The van der Waals surface area contributed by atoms with Crippen LogP contribution >= 0.6 is 0 Å². The Morgan fingerprint density at radius 1 is 0.771 bits per heavy atom. The molecule has 1 unspecified atom stereocenters. The van der Waals surface area contributed by atoms with E-state index in [9.17, 15) is 19.8 Å². The van der Waals surface area contributed by atoms with Crippen LogP contribution in [0.2, 0.25) is 0 Å². The Labute approximate surface area is 205 Å². The van der Waals surface area contributed by atoms with E-state index in [0.29, 0.717) is 17.1 Å². The molecule has 1 aliphatic heterocycles. The van der Waals surface area contributed by atoms with Crippen molar-refractivity contribution in [3.8, 4) is 11.5 Å². The van der Waals surface area contributed by atoms with Crippen molar-refractivity contribution in [1.82, 2.24) is 0 Å².